The van der Waals surface area contributed by atoms with Crippen molar-refractivity contribution in [2.45, 2.75) is 13.5 Å². The monoisotopic (exact) mass is 346 g/mol. The minimum Gasteiger partial charge on any atom is -0.488 e. The SMILES string of the molecule is COCCOc1ccc(NC(=O)N(C)Cc2ccccc2C)cc1F. The van der Waals surface area contributed by atoms with Crippen LogP contribution in [0.3, 0.4) is 0 Å². The van der Waals surface area contributed by atoms with Crippen LogP contribution in [0.5, 0.6) is 5.75 Å². The van der Waals surface area contributed by atoms with Gasteiger partial charge in [-0.25, -0.2) is 9.18 Å². The Morgan fingerprint density at radius 3 is 2.64 bits per heavy atom. The van der Waals surface area contributed by atoms with Gasteiger partial charge in [-0.2, -0.15) is 0 Å². The molecule has 0 spiro atoms. The Morgan fingerprint density at radius 1 is 1.20 bits per heavy atom. The van der Waals surface area contributed by atoms with Crippen LogP contribution in [0.2, 0.25) is 0 Å². The van der Waals surface area contributed by atoms with Gasteiger partial charge < -0.3 is 19.7 Å². The molecular formula is C19H23FN2O3. The van der Waals surface area contributed by atoms with Gasteiger partial charge in [-0.1, -0.05) is 24.3 Å². The number of amides is 2. The summed E-state index contributed by atoms with van der Waals surface area (Å²) in [4.78, 5) is 13.8. The van der Waals surface area contributed by atoms with Gasteiger partial charge in [-0.05, 0) is 30.2 Å². The molecule has 0 fully saturated rings. The third kappa shape index (κ3) is 5.46. The molecule has 0 radical (unpaired) electrons. The first-order valence-electron chi connectivity index (χ1n) is 7.99. The number of anilines is 1. The largest absolute Gasteiger partial charge is 0.488 e. The molecule has 5 nitrogen and oxygen atoms in total. The molecule has 0 saturated carbocycles. The fourth-order valence-electron chi connectivity index (χ4n) is 2.26. The molecule has 2 amide bonds. The van der Waals surface area contributed by atoms with Gasteiger partial charge in [-0.15, -0.1) is 0 Å². The first kappa shape index (κ1) is 18.7. The van der Waals surface area contributed by atoms with Gasteiger partial charge in [0.1, 0.15) is 6.61 Å². The van der Waals surface area contributed by atoms with Crippen molar-refractivity contribution in [3.63, 3.8) is 0 Å². The third-order valence-electron chi connectivity index (χ3n) is 3.74. The van der Waals surface area contributed by atoms with E-state index in [0.717, 1.165) is 11.1 Å². The number of rotatable bonds is 7. The molecule has 0 unspecified atom stereocenters. The smallest absolute Gasteiger partial charge is 0.321 e. The van der Waals surface area contributed by atoms with Gasteiger partial charge >= 0.3 is 6.03 Å². The molecule has 0 saturated heterocycles. The fourth-order valence-corrected chi connectivity index (χ4v) is 2.26. The van der Waals surface area contributed by atoms with Crippen molar-refractivity contribution in [3.05, 3.63) is 59.4 Å². The van der Waals surface area contributed by atoms with E-state index < -0.39 is 5.82 Å². The van der Waals surface area contributed by atoms with Crippen LogP contribution in [-0.4, -0.2) is 38.3 Å². The van der Waals surface area contributed by atoms with Crippen LogP contribution in [0.4, 0.5) is 14.9 Å². The maximum absolute atomic E-state index is 14.0. The maximum Gasteiger partial charge on any atom is 0.321 e. The highest BCUT2D eigenvalue weighted by Gasteiger charge is 2.12. The Labute approximate surface area is 147 Å². The first-order chi connectivity index (χ1) is 12.0. The molecule has 2 aromatic rings. The number of carbonyl (C=O) groups excluding carboxylic acids is 1. The molecule has 2 rings (SSSR count). The predicted octanol–water partition coefficient (Wildman–Crippen LogP) is 3.82. The molecule has 0 heterocycles. The molecule has 6 heteroatoms. The fraction of sp³-hybridized carbons (Fsp3) is 0.316. The number of ether oxygens (including phenoxy) is 2. The van der Waals surface area contributed by atoms with Crippen LogP contribution in [-0.2, 0) is 11.3 Å². The minimum absolute atomic E-state index is 0.128. The van der Waals surface area contributed by atoms with Crippen LogP contribution in [0.1, 0.15) is 11.1 Å². The lowest BCUT2D eigenvalue weighted by Crippen LogP contribution is -2.31. The molecule has 0 aromatic heterocycles. The molecule has 0 atom stereocenters. The van der Waals surface area contributed by atoms with E-state index >= 15 is 0 Å². The summed E-state index contributed by atoms with van der Waals surface area (Å²) in [7, 11) is 3.24. The molecule has 25 heavy (non-hydrogen) atoms. The van der Waals surface area contributed by atoms with Crippen molar-refractivity contribution in [3.8, 4) is 5.75 Å². The zero-order valence-electron chi connectivity index (χ0n) is 14.7. The maximum atomic E-state index is 14.0. The summed E-state index contributed by atoms with van der Waals surface area (Å²) in [6, 6.07) is 11.9. The van der Waals surface area contributed by atoms with E-state index in [1.165, 1.54) is 12.1 Å². The van der Waals surface area contributed by atoms with Crippen LogP contribution in [0.25, 0.3) is 0 Å². The van der Waals surface area contributed by atoms with Crippen molar-refractivity contribution in [2.75, 3.05) is 32.7 Å². The third-order valence-corrected chi connectivity index (χ3v) is 3.74. The molecule has 0 aliphatic rings. The lowest BCUT2D eigenvalue weighted by atomic mass is 10.1. The highest BCUT2D eigenvalue weighted by atomic mass is 19.1. The quantitative estimate of drug-likeness (QED) is 0.776. The van der Waals surface area contributed by atoms with E-state index in [1.807, 2.05) is 31.2 Å². The Hall–Kier alpha value is -2.60. The van der Waals surface area contributed by atoms with Crippen LogP contribution in [0.15, 0.2) is 42.5 Å². The number of urea groups is 1. The highest BCUT2D eigenvalue weighted by Crippen LogP contribution is 2.21. The van der Waals surface area contributed by atoms with Gasteiger partial charge in [0.25, 0.3) is 0 Å². The number of benzene rings is 2. The van der Waals surface area contributed by atoms with Crippen molar-refractivity contribution in [1.82, 2.24) is 4.90 Å². The van der Waals surface area contributed by atoms with Crippen LogP contribution in [0, 0.1) is 12.7 Å². The van der Waals surface area contributed by atoms with E-state index in [9.17, 15) is 9.18 Å². The van der Waals surface area contributed by atoms with Crippen molar-refractivity contribution in [2.24, 2.45) is 0 Å². The van der Waals surface area contributed by atoms with Gasteiger partial charge in [0.05, 0.1) is 6.61 Å². The summed E-state index contributed by atoms with van der Waals surface area (Å²) in [6.07, 6.45) is 0. The minimum atomic E-state index is -0.532. The number of carbonyl (C=O) groups is 1. The van der Waals surface area contributed by atoms with E-state index in [-0.39, 0.29) is 18.4 Å². The molecule has 2 aromatic carbocycles. The van der Waals surface area contributed by atoms with E-state index in [4.69, 9.17) is 9.47 Å². The lowest BCUT2D eigenvalue weighted by molar-refractivity contribution is 0.144. The second kappa shape index (κ2) is 9.03. The normalized spacial score (nSPS) is 10.4. The number of hydrogen-bond acceptors (Lipinski definition) is 3. The topological polar surface area (TPSA) is 50.8 Å². The highest BCUT2D eigenvalue weighted by molar-refractivity contribution is 5.89. The Morgan fingerprint density at radius 2 is 1.96 bits per heavy atom. The van der Waals surface area contributed by atoms with Gasteiger partial charge in [0, 0.05) is 32.5 Å². The van der Waals surface area contributed by atoms with Gasteiger partial charge in [-0.3, -0.25) is 0 Å². The zero-order valence-corrected chi connectivity index (χ0v) is 14.7. The molecule has 0 aliphatic carbocycles. The summed E-state index contributed by atoms with van der Waals surface area (Å²) >= 11 is 0. The predicted molar refractivity (Wildman–Crippen MR) is 95.4 cm³/mol. The molecular weight excluding hydrogens is 323 g/mol. The lowest BCUT2D eigenvalue weighted by Gasteiger charge is -2.19. The van der Waals surface area contributed by atoms with Crippen molar-refractivity contribution in [1.29, 1.82) is 0 Å². The molecule has 134 valence electrons. The number of halogens is 1. The van der Waals surface area contributed by atoms with Crippen LogP contribution >= 0.6 is 0 Å². The van der Waals surface area contributed by atoms with Gasteiger partial charge in [0.2, 0.25) is 0 Å². The second-order valence-electron chi connectivity index (χ2n) is 5.70. The summed E-state index contributed by atoms with van der Waals surface area (Å²) < 4.78 is 24.1. The standard InChI is InChI=1S/C19H23FN2O3/c1-14-6-4-5-7-15(14)13-22(2)19(23)21-16-8-9-18(17(20)12-16)25-11-10-24-3/h4-9,12H,10-11,13H2,1-3H3,(H,21,23). The molecule has 1 N–H and O–H groups in total. The summed E-state index contributed by atoms with van der Waals surface area (Å²) in [6.45, 7) is 3.11. The average molecular weight is 346 g/mol. The summed E-state index contributed by atoms with van der Waals surface area (Å²) in [5.41, 5.74) is 2.55. The van der Waals surface area contributed by atoms with E-state index in [2.05, 4.69) is 5.32 Å². The Kier molecular flexibility index (Phi) is 6.77. The number of aryl methyl sites for hydroxylation is 1. The Balaban J connectivity index is 1.95. The Bertz CT molecular complexity index is 722. The number of nitrogens with zero attached hydrogens (tertiary/aromatic N) is 1. The van der Waals surface area contributed by atoms with Crippen LogP contribution < -0.4 is 10.1 Å². The number of nitrogens with one attached hydrogen (secondary N) is 1. The van der Waals surface area contributed by atoms with Crippen molar-refractivity contribution >= 4 is 11.7 Å². The number of hydrogen-bond donors (Lipinski definition) is 1. The molecule has 0 aliphatic heterocycles. The van der Waals surface area contributed by atoms with E-state index in [0.29, 0.717) is 18.8 Å². The molecule has 0 bridgehead atoms. The summed E-state index contributed by atoms with van der Waals surface area (Å²) in [5.74, 6) is -0.404. The second-order valence-corrected chi connectivity index (χ2v) is 5.70. The van der Waals surface area contributed by atoms with E-state index in [1.54, 1.807) is 25.1 Å². The van der Waals surface area contributed by atoms with Gasteiger partial charge in [0.15, 0.2) is 11.6 Å². The van der Waals surface area contributed by atoms with Crippen molar-refractivity contribution < 1.29 is 18.7 Å². The average Bonchev–Trinajstić information content (AvgIpc) is 2.59. The number of methoxy groups -OCH3 is 1. The first-order valence-corrected chi connectivity index (χ1v) is 7.99. The zero-order chi connectivity index (χ0) is 18.2. The summed E-state index contributed by atoms with van der Waals surface area (Å²) in [5, 5.41) is 2.68.